The minimum absolute atomic E-state index is 0.251. The maximum absolute atomic E-state index is 13.5. The zero-order chi connectivity index (χ0) is 23.7. The number of ether oxygens (including phenoxy) is 2. The zero-order valence-electron chi connectivity index (χ0n) is 19.6. The van der Waals surface area contributed by atoms with E-state index in [4.69, 9.17) is 9.47 Å². The van der Waals surface area contributed by atoms with Crippen LogP contribution in [0.3, 0.4) is 0 Å². The Balaban J connectivity index is 1.73. The summed E-state index contributed by atoms with van der Waals surface area (Å²) in [7, 11) is 0. The number of amides is 1. The Kier molecular flexibility index (Phi) is 8.64. The van der Waals surface area contributed by atoms with E-state index in [9.17, 15) is 14.7 Å². The number of carbonyl (C=O) groups is 2. The van der Waals surface area contributed by atoms with Crippen LogP contribution in [0.25, 0.3) is 0 Å². The van der Waals surface area contributed by atoms with Crippen molar-refractivity contribution < 1.29 is 24.2 Å². The van der Waals surface area contributed by atoms with Crippen LogP contribution in [-0.2, 0) is 32.3 Å². The number of benzene rings is 2. The highest BCUT2D eigenvalue weighted by molar-refractivity contribution is 5.89. The molecule has 2 aromatic carbocycles. The van der Waals surface area contributed by atoms with Crippen molar-refractivity contribution in [3.63, 3.8) is 0 Å². The molecule has 0 bridgehead atoms. The molecule has 0 aromatic heterocycles. The van der Waals surface area contributed by atoms with Gasteiger partial charge in [0.2, 0.25) is 0 Å². The van der Waals surface area contributed by atoms with Gasteiger partial charge in [0.15, 0.2) is 0 Å². The summed E-state index contributed by atoms with van der Waals surface area (Å²) in [4.78, 5) is 25.6. The number of aliphatic carboxylic acids is 1. The lowest BCUT2D eigenvalue weighted by Crippen LogP contribution is -2.60. The molecule has 2 aromatic rings. The van der Waals surface area contributed by atoms with Crippen molar-refractivity contribution in [2.24, 2.45) is 5.41 Å². The average Bonchev–Trinajstić information content (AvgIpc) is 2.81. The van der Waals surface area contributed by atoms with Crippen LogP contribution in [0.2, 0.25) is 0 Å². The first-order valence-corrected chi connectivity index (χ1v) is 11.7. The third-order valence-electron chi connectivity index (χ3n) is 6.27. The second-order valence-electron chi connectivity index (χ2n) is 9.58. The maximum atomic E-state index is 13.5. The van der Waals surface area contributed by atoms with Gasteiger partial charge in [0.05, 0.1) is 19.8 Å². The number of carboxylic acid groups (broad SMARTS) is 1. The second-order valence-corrected chi connectivity index (χ2v) is 9.58. The molecule has 6 nitrogen and oxygen atoms in total. The van der Waals surface area contributed by atoms with Crippen molar-refractivity contribution in [2.75, 3.05) is 6.61 Å². The number of rotatable bonds is 11. The molecule has 0 spiro atoms. The van der Waals surface area contributed by atoms with E-state index in [1.807, 2.05) is 74.5 Å². The van der Waals surface area contributed by atoms with Gasteiger partial charge in [-0.15, -0.1) is 0 Å². The molecular weight excluding hydrogens is 418 g/mol. The molecule has 0 aliphatic heterocycles. The van der Waals surface area contributed by atoms with Gasteiger partial charge in [-0.2, -0.15) is 0 Å². The summed E-state index contributed by atoms with van der Waals surface area (Å²) in [6.45, 7) is 4.80. The molecule has 1 aliphatic carbocycles. The second kappa shape index (κ2) is 11.4. The van der Waals surface area contributed by atoms with Gasteiger partial charge in [0.1, 0.15) is 11.6 Å². The highest BCUT2D eigenvalue weighted by Crippen LogP contribution is 2.31. The van der Waals surface area contributed by atoms with Crippen LogP contribution in [0.15, 0.2) is 60.7 Å². The molecule has 1 fully saturated rings. The minimum atomic E-state index is -1.23. The van der Waals surface area contributed by atoms with Crippen LogP contribution in [-0.4, -0.2) is 35.2 Å². The van der Waals surface area contributed by atoms with Gasteiger partial charge >= 0.3 is 5.97 Å². The van der Waals surface area contributed by atoms with Crippen LogP contribution < -0.4 is 5.32 Å². The summed E-state index contributed by atoms with van der Waals surface area (Å²) in [5, 5.41) is 12.8. The molecule has 1 unspecified atom stereocenters. The van der Waals surface area contributed by atoms with Gasteiger partial charge in [0, 0.05) is 5.41 Å². The first kappa shape index (κ1) is 24.9. The largest absolute Gasteiger partial charge is 0.480 e. The standard InChI is InChI=1S/C27H35NO5/c1-26(2,20-32-18-21-12-6-3-7-13-21)23(33-19-22-14-8-4-9-15-22)24(29)28-27(25(30)31)16-10-5-11-17-27/h3-4,6-9,12-15,23H,5,10-11,16-20H2,1-2H3,(H,28,29)(H,30,31). The monoisotopic (exact) mass is 453 g/mol. The fraction of sp³-hybridized carbons (Fsp3) is 0.481. The van der Waals surface area contributed by atoms with Crippen LogP contribution >= 0.6 is 0 Å². The molecule has 6 heteroatoms. The van der Waals surface area contributed by atoms with E-state index in [0.29, 0.717) is 19.4 Å². The summed E-state index contributed by atoms with van der Waals surface area (Å²) in [6, 6.07) is 19.5. The average molecular weight is 454 g/mol. The lowest BCUT2D eigenvalue weighted by molar-refractivity contribution is -0.157. The molecule has 1 aliphatic rings. The Bertz CT molecular complexity index is 891. The Morgan fingerprint density at radius 1 is 0.939 bits per heavy atom. The van der Waals surface area contributed by atoms with E-state index in [2.05, 4.69) is 5.32 Å². The molecule has 1 saturated carbocycles. The number of carbonyl (C=O) groups excluding carboxylic acids is 1. The van der Waals surface area contributed by atoms with Crippen molar-refractivity contribution in [2.45, 2.75) is 70.8 Å². The van der Waals surface area contributed by atoms with Crippen LogP contribution in [0.5, 0.6) is 0 Å². The molecule has 33 heavy (non-hydrogen) atoms. The van der Waals surface area contributed by atoms with E-state index in [0.717, 1.165) is 30.4 Å². The van der Waals surface area contributed by atoms with Crippen LogP contribution in [0.1, 0.15) is 57.1 Å². The van der Waals surface area contributed by atoms with E-state index in [1.165, 1.54) is 0 Å². The summed E-state index contributed by atoms with van der Waals surface area (Å²) < 4.78 is 12.1. The molecular formula is C27H35NO5. The highest BCUT2D eigenvalue weighted by Gasteiger charge is 2.45. The van der Waals surface area contributed by atoms with Crippen molar-refractivity contribution >= 4 is 11.9 Å². The molecule has 0 saturated heterocycles. The van der Waals surface area contributed by atoms with Gasteiger partial charge in [-0.25, -0.2) is 4.79 Å². The lowest BCUT2D eigenvalue weighted by atomic mass is 9.80. The first-order chi connectivity index (χ1) is 15.8. The number of hydrogen-bond donors (Lipinski definition) is 2. The van der Waals surface area contributed by atoms with Gasteiger partial charge in [-0.05, 0) is 24.0 Å². The van der Waals surface area contributed by atoms with E-state index >= 15 is 0 Å². The Hall–Kier alpha value is -2.70. The predicted molar refractivity (Wildman–Crippen MR) is 126 cm³/mol. The summed E-state index contributed by atoms with van der Waals surface area (Å²) in [5.74, 6) is -1.38. The van der Waals surface area contributed by atoms with Crippen molar-refractivity contribution in [1.82, 2.24) is 5.32 Å². The number of nitrogens with one attached hydrogen (secondary N) is 1. The topological polar surface area (TPSA) is 84.9 Å². The van der Waals surface area contributed by atoms with E-state index < -0.39 is 28.9 Å². The van der Waals surface area contributed by atoms with E-state index in [1.54, 1.807) is 0 Å². The zero-order valence-corrected chi connectivity index (χ0v) is 19.6. The third kappa shape index (κ3) is 6.89. The number of hydrogen-bond acceptors (Lipinski definition) is 4. The highest BCUT2D eigenvalue weighted by atomic mass is 16.5. The van der Waals surface area contributed by atoms with Crippen LogP contribution in [0.4, 0.5) is 0 Å². The fourth-order valence-corrected chi connectivity index (χ4v) is 4.34. The Morgan fingerprint density at radius 3 is 2.03 bits per heavy atom. The van der Waals surface area contributed by atoms with Gasteiger partial charge in [0.25, 0.3) is 5.91 Å². The SMILES string of the molecule is CC(C)(COCc1ccccc1)C(OCc1ccccc1)C(=O)NC1(C(=O)O)CCCCC1. The normalized spacial score (nSPS) is 16.7. The van der Waals surface area contributed by atoms with E-state index in [-0.39, 0.29) is 13.2 Å². The first-order valence-electron chi connectivity index (χ1n) is 11.7. The Morgan fingerprint density at radius 2 is 1.48 bits per heavy atom. The summed E-state index contributed by atoms with van der Waals surface area (Å²) in [5.41, 5.74) is 0.0839. The predicted octanol–water partition coefficient (Wildman–Crippen LogP) is 4.72. The summed E-state index contributed by atoms with van der Waals surface area (Å²) >= 11 is 0. The fourth-order valence-electron chi connectivity index (χ4n) is 4.34. The summed E-state index contributed by atoms with van der Waals surface area (Å²) in [6.07, 6.45) is 2.55. The Labute approximate surface area is 196 Å². The smallest absolute Gasteiger partial charge is 0.329 e. The van der Waals surface area contributed by atoms with Crippen LogP contribution in [0, 0.1) is 5.41 Å². The molecule has 2 N–H and O–H groups in total. The maximum Gasteiger partial charge on any atom is 0.329 e. The quantitative estimate of drug-likeness (QED) is 0.514. The lowest BCUT2D eigenvalue weighted by Gasteiger charge is -2.38. The number of carboxylic acids is 1. The molecule has 1 amide bonds. The third-order valence-corrected chi connectivity index (χ3v) is 6.27. The molecule has 178 valence electrons. The van der Waals surface area contributed by atoms with Gasteiger partial charge in [-0.1, -0.05) is 93.8 Å². The molecule has 0 radical (unpaired) electrons. The minimum Gasteiger partial charge on any atom is -0.480 e. The molecule has 3 rings (SSSR count). The molecule has 1 atom stereocenters. The van der Waals surface area contributed by atoms with Crippen molar-refractivity contribution in [3.05, 3.63) is 71.8 Å². The van der Waals surface area contributed by atoms with Gasteiger partial charge < -0.3 is 19.9 Å². The van der Waals surface area contributed by atoms with Crippen molar-refractivity contribution in [3.8, 4) is 0 Å². The van der Waals surface area contributed by atoms with Gasteiger partial charge in [-0.3, -0.25) is 4.79 Å². The van der Waals surface area contributed by atoms with Crippen molar-refractivity contribution in [1.29, 1.82) is 0 Å². The molecule has 0 heterocycles.